The van der Waals surface area contributed by atoms with Crippen LogP contribution in [0.25, 0.3) is 10.9 Å². The van der Waals surface area contributed by atoms with Crippen LogP contribution in [0.1, 0.15) is 52.7 Å². The molecule has 5 rings (SSSR count). The lowest BCUT2D eigenvalue weighted by Crippen LogP contribution is -2.40. The molecule has 7 heteroatoms. The molecular formula is C24H28N6O. The molecule has 1 saturated heterocycles. The maximum Gasteiger partial charge on any atom is 0.256 e. The first-order valence-corrected chi connectivity index (χ1v) is 11.1. The average Bonchev–Trinajstić information content (AvgIpc) is 2.82. The normalized spacial score (nSPS) is 19.3. The van der Waals surface area contributed by atoms with Crippen molar-refractivity contribution in [1.82, 2.24) is 24.8 Å². The molecule has 1 N–H and O–H groups in total. The number of pyridine rings is 1. The zero-order valence-electron chi connectivity index (χ0n) is 18.1. The van der Waals surface area contributed by atoms with Crippen LogP contribution in [0.15, 0.2) is 36.5 Å². The van der Waals surface area contributed by atoms with Gasteiger partial charge in [0.05, 0.1) is 22.8 Å². The number of hydrogen-bond acceptors (Lipinski definition) is 6. The van der Waals surface area contributed by atoms with Crippen LogP contribution in [0, 0.1) is 0 Å². The Bertz CT molecular complexity index is 1130. The lowest BCUT2D eigenvalue weighted by atomic mass is 9.98. The molecule has 1 aromatic carbocycles. The van der Waals surface area contributed by atoms with Gasteiger partial charge in [-0.15, -0.1) is 0 Å². The second-order valence-corrected chi connectivity index (χ2v) is 8.48. The van der Waals surface area contributed by atoms with E-state index in [4.69, 9.17) is 9.97 Å². The van der Waals surface area contributed by atoms with Crippen molar-refractivity contribution in [2.75, 3.05) is 32.5 Å². The summed E-state index contributed by atoms with van der Waals surface area (Å²) in [5.74, 6) is 1.66. The van der Waals surface area contributed by atoms with Crippen molar-refractivity contribution in [3.8, 4) is 0 Å². The third-order valence-corrected chi connectivity index (χ3v) is 6.43. The molecule has 1 fully saturated rings. The van der Waals surface area contributed by atoms with E-state index in [2.05, 4.69) is 22.2 Å². The van der Waals surface area contributed by atoms with Gasteiger partial charge in [0.1, 0.15) is 5.82 Å². The Hall–Kier alpha value is -3.06. The lowest BCUT2D eigenvalue weighted by Gasteiger charge is -2.36. The fourth-order valence-electron chi connectivity index (χ4n) is 4.81. The summed E-state index contributed by atoms with van der Waals surface area (Å²) in [6.07, 6.45) is 5.62. The number of nitrogens with zero attached hydrogens (tertiary/aromatic N) is 5. The molecule has 0 radical (unpaired) electrons. The van der Waals surface area contributed by atoms with E-state index in [1.165, 1.54) is 5.56 Å². The number of benzene rings is 1. The van der Waals surface area contributed by atoms with Gasteiger partial charge in [0.15, 0.2) is 5.82 Å². The predicted molar refractivity (Wildman–Crippen MR) is 121 cm³/mol. The second-order valence-electron chi connectivity index (χ2n) is 8.48. The minimum Gasteiger partial charge on any atom is -0.373 e. The molecule has 2 aliphatic rings. The molecule has 0 saturated carbocycles. The topological polar surface area (TPSA) is 74.2 Å². The van der Waals surface area contributed by atoms with Crippen molar-refractivity contribution in [3.63, 3.8) is 0 Å². The number of hydrogen-bond donors (Lipinski definition) is 1. The zero-order valence-corrected chi connectivity index (χ0v) is 18.1. The van der Waals surface area contributed by atoms with E-state index < -0.39 is 0 Å². The molecule has 0 aliphatic carbocycles. The summed E-state index contributed by atoms with van der Waals surface area (Å²) in [4.78, 5) is 32.3. The van der Waals surface area contributed by atoms with Gasteiger partial charge < -0.3 is 15.1 Å². The van der Waals surface area contributed by atoms with Crippen LogP contribution in [0.2, 0.25) is 0 Å². The first kappa shape index (κ1) is 19.9. The van der Waals surface area contributed by atoms with E-state index >= 15 is 0 Å². The van der Waals surface area contributed by atoms with Crippen LogP contribution in [0.5, 0.6) is 0 Å². The Balaban J connectivity index is 1.54. The van der Waals surface area contributed by atoms with Gasteiger partial charge in [0.25, 0.3) is 5.91 Å². The number of likely N-dealkylation sites (N-methyl/N-ethyl adjacent to an activating group) is 1. The number of nitrogens with one attached hydrogen (secondary N) is 1. The van der Waals surface area contributed by atoms with Crippen LogP contribution in [0.4, 0.5) is 5.82 Å². The third kappa shape index (κ3) is 3.63. The highest BCUT2D eigenvalue weighted by atomic mass is 16.2. The van der Waals surface area contributed by atoms with Crippen LogP contribution < -0.4 is 5.32 Å². The number of amides is 1. The van der Waals surface area contributed by atoms with Crippen LogP contribution >= 0.6 is 0 Å². The minimum absolute atomic E-state index is 0.0125. The fourth-order valence-corrected chi connectivity index (χ4v) is 4.81. The van der Waals surface area contributed by atoms with Gasteiger partial charge in [-0.1, -0.05) is 18.2 Å². The van der Waals surface area contributed by atoms with Crippen molar-refractivity contribution in [1.29, 1.82) is 0 Å². The van der Waals surface area contributed by atoms with E-state index in [1.807, 2.05) is 42.3 Å². The smallest absolute Gasteiger partial charge is 0.256 e. The molecule has 0 spiro atoms. The highest BCUT2D eigenvalue weighted by molar-refractivity contribution is 6.05. The molecule has 1 amide bonds. The van der Waals surface area contributed by atoms with E-state index in [-0.39, 0.29) is 11.9 Å². The number of rotatable bonds is 3. The van der Waals surface area contributed by atoms with Crippen molar-refractivity contribution < 1.29 is 4.79 Å². The number of anilines is 1. The van der Waals surface area contributed by atoms with Gasteiger partial charge in [0, 0.05) is 43.8 Å². The number of carbonyl (C=O) groups excluding carboxylic acids is 1. The number of piperidine rings is 1. The molecular weight excluding hydrogens is 388 g/mol. The molecule has 160 valence electrons. The van der Waals surface area contributed by atoms with E-state index in [0.717, 1.165) is 67.0 Å². The molecule has 3 aromatic rings. The first-order chi connectivity index (χ1) is 15.2. The summed E-state index contributed by atoms with van der Waals surface area (Å²) in [5, 5.41) is 4.25. The van der Waals surface area contributed by atoms with Gasteiger partial charge in [-0.3, -0.25) is 9.78 Å². The highest BCUT2D eigenvalue weighted by Gasteiger charge is 2.33. The molecule has 2 aliphatic heterocycles. The van der Waals surface area contributed by atoms with Crippen molar-refractivity contribution >= 4 is 22.6 Å². The maximum absolute atomic E-state index is 13.7. The molecule has 31 heavy (non-hydrogen) atoms. The van der Waals surface area contributed by atoms with E-state index in [1.54, 1.807) is 6.20 Å². The Labute approximate surface area is 182 Å². The number of para-hydroxylation sites is 1. The molecule has 2 aromatic heterocycles. The van der Waals surface area contributed by atoms with Crippen LogP contribution in [-0.2, 0) is 13.0 Å². The summed E-state index contributed by atoms with van der Waals surface area (Å²) in [6, 6.07) is 9.58. The summed E-state index contributed by atoms with van der Waals surface area (Å²) < 4.78 is 0. The lowest BCUT2D eigenvalue weighted by molar-refractivity contribution is 0.0601. The number of carbonyl (C=O) groups is 1. The SMILES string of the molecule is CNc1nc([C@@H]2CCCCN2C(=O)c2cccc3cccnc23)nc2c1CCN(C)C2. The molecule has 1 atom stereocenters. The van der Waals surface area contributed by atoms with Crippen LogP contribution in [-0.4, -0.2) is 57.8 Å². The third-order valence-electron chi connectivity index (χ3n) is 6.43. The van der Waals surface area contributed by atoms with E-state index in [9.17, 15) is 4.79 Å². The quantitative estimate of drug-likeness (QED) is 0.705. The first-order valence-electron chi connectivity index (χ1n) is 11.1. The van der Waals surface area contributed by atoms with Crippen molar-refractivity contribution in [2.24, 2.45) is 0 Å². The molecule has 7 nitrogen and oxygen atoms in total. The second kappa shape index (κ2) is 8.23. The van der Waals surface area contributed by atoms with Crippen LogP contribution in [0.3, 0.4) is 0 Å². The van der Waals surface area contributed by atoms with Gasteiger partial charge in [0.2, 0.25) is 0 Å². The highest BCUT2D eigenvalue weighted by Crippen LogP contribution is 2.34. The summed E-state index contributed by atoms with van der Waals surface area (Å²) in [7, 11) is 4.03. The van der Waals surface area contributed by atoms with Crippen molar-refractivity contribution in [2.45, 2.75) is 38.3 Å². The Kier molecular flexibility index (Phi) is 5.28. The standard InChI is InChI=1S/C24H28N6O/c1-25-22-17-11-14-29(2)15-19(17)27-23(28-22)20-10-3-4-13-30(20)24(31)18-9-5-7-16-8-6-12-26-21(16)18/h5-9,12,20H,3-4,10-11,13-15H2,1-2H3,(H,25,27,28)/t20-/m0/s1. The van der Waals surface area contributed by atoms with Gasteiger partial charge in [-0.25, -0.2) is 9.97 Å². The van der Waals surface area contributed by atoms with Crippen molar-refractivity contribution in [3.05, 3.63) is 59.2 Å². The Morgan fingerprint density at radius 3 is 2.87 bits per heavy atom. The average molecular weight is 417 g/mol. The number of aromatic nitrogens is 3. The van der Waals surface area contributed by atoms with E-state index in [0.29, 0.717) is 12.1 Å². The van der Waals surface area contributed by atoms with Gasteiger partial charge >= 0.3 is 0 Å². The van der Waals surface area contributed by atoms with Gasteiger partial charge in [-0.2, -0.15) is 0 Å². The summed E-state index contributed by atoms with van der Waals surface area (Å²) in [6.45, 7) is 2.53. The Morgan fingerprint density at radius 2 is 2.00 bits per heavy atom. The molecule has 0 unspecified atom stereocenters. The number of fused-ring (bicyclic) bond motifs is 2. The summed E-state index contributed by atoms with van der Waals surface area (Å²) in [5.41, 5.74) is 3.68. The summed E-state index contributed by atoms with van der Waals surface area (Å²) >= 11 is 0. The fraction of sp³-hybridized carbons (Fsp3) is 0.417. The maximum atomic E-state index is 13.7. The molecule has 4 heterocycles. The minimum atomic E-state index is -0.121. The number of likely N-dealkylation sites (tertiary alicyclic amines) is 1. The Morgan fingerprint density at radius 1 is 1.13 bits per heavy atom. The largest absolute Gasteiger partial charge is 0.373 e. The molecule has 0 bridgehead atoms. The zero-order chi connectivity index (χ0) is 21.4. The monoisotopic (exact) mass is 416 g/mol. The van der Waals surface area contributed by atoms with Gasteiger partial charge in [-0.05, 0) is 44.9 Å². The predicted octanol–water partition coefficient (Wildman–Crippen LogP) is 3.42.